The fourth-order valence-corrected chi connectivity index (χ4v) is 1.31. The molecule has 1 unspecified atom stereocenters. The molecule has 1 heterocycles. The Balaban J connectivity index is 0.00000121. The van der Waals surface area contributed by atoms with E-state index in [0.29, 0.717) is 6.54 Å². The second-order valence-corrected chi connectivity index (χ2v) is 3.53. The van der Waals surface area contributed by atoms with E-state index in [1.165, 1.54) is 0 Å². The zero-order valence-corrected chi connectivity index (χ0v) is 10.1. The van der Waals surface area contributed by atoms with Crippen molar-refractivity contribution in [2.75, 3.05) is 6.54 Å². The Kier molecular flexibility index (Phi) is 4.83. The molecule has 1 rings (SSSR count). The van der Waals surface area contributed by atoms with Crippen LogP contribution < -0.4 is 0 Å². The van der Waals surface area contributed by atoms with E-state index in [1.54, 1.807) is 0 Å². The summed E-state index contributed by atoms with van der Waals surface area (Å²) >= 11 is 0. The van der Waals surface area contributed by atoms with Crippen LogP contribution in [0.15, 0.2) is 0 Å². The second kappa shape index (κ2) is 4.64. The van der Waals surface area contributed by atoms with Gasteiger partial charge in [0, 0.05) is 20.4 Å². The van der Waals surface area contributed by atoms with Crippen molar-refractivity contribution in [3.8, 4) is 0 Å². The molecule has 1 radical (unpaired) electrons. The van der Waals surface area contributed by atoms with E-state index in [1.807, 2.05) is 13.8 Å². The molecule has 4 heteroatoms. The van der Waals surface area contributed by atoms with Crippen LogP contribution in [-0.2, 0) is 20.4 Å². The Labute approximate surface area is 85.9 Å². The van der Waals surface area contributed by atoms with Crippen LogP contribution in [0.25, 0.3) is 5.32 Å². The summed E-state index contributed by atoms with van der Waals surface area (Å²) in [6.07, 6.45) is -0.110. The number of hydrogen-bond acceptors (Lipinski definition) is 0. The van der Waals surface area contributed by atoms with E-state index in [-0.39, 0.29) is 45.2 Å². The topological polar surface area (TPSA) is 14.1 Å². The zero-order chi connectivity index (χ0) is 8.48. The van der Waals surface area contributed by atoms with Gasteiger partial charge in [-0.05, 0) is 12.8 Å². The zero-order valence-electron chi connectivity index (χ0n) is 7.36. The molecule has 1 saturated heterocycles. The van der Waals surface area contributed by atoms with Crippen LogP contribution in [0.5, 0.6) is 0 Å². The molecule has 73 valence electrons. The Morgan fingerprint density at radius 1 is 1.42 bits per heavy atom. The van der Waals surface area contributed by atoms with Gasteiger partial charge in [0.25, 0.3) is 0 Å². The first-order chi connectivity index (χ1) is 5.01. The number of piperidine rings is 1. The number of rotatable bonds is 1. The smallest absolute Gasteiger partial charge is 0.245 e. The first kappa shape index (κ1) is 12.5. The van der Waals surface area contributed by atoms with E-state index in [2.05, 4.69) is 5.32 Å². The summed E-state index contributed by atoms with van der Waals surface area (Å²) in [7, 11) is 0. The summed E-state index contributed by atoms with van der Waals surface area (Å²) in [6.45, 7) is 4.21. The van der Waals surface area contributed by atoms with Gasteiger partial charge in [0.15, 0.2) is 0 Å². The van der Waals surface area contributed by atoms with E-state index in [4.69, 9.17) is 0 Å². The van der Waals surface area contributed by atoms with Gasteiger partial charge in [0.05, 0.1) is 0 Å². The largest absolute Gasteiger partial charge is 0.659 e. The van der Waals surface area contributed by atoms with Gasteiger partial charge in [-0.2, -0.15) is 0 Å². The maximum Gasteiger partial charge on any atom is 0.245 e. The summed E-state index contributed by atoms with van der Waals surface area (Å²) in [4.78, 5) is 0. The number of halogens is 2. The molecule has 0 N–H and O–H groups in total. The van der Waals surface area contributed by atoms with E-state index in [0.717, 1.165) is 0 Å². The van der Waals surface area contributed by atoms with Crippen molar-refractivity contribution in [2.45, 2.75) is 38.7 Å². The van der Waals surface area contributed by atoms with Crippen LogP contribution in [0, 0.1) is 5.92 Å². The molecule has 1 aliphatic rings. The Hall–Kier alpha value is 0.482. The standard InChI is InChI=1S/C8H14F2N.Re/c1-6(2)7-5-8(9,10)3-4-11-7;/h6-7H,3-5H2,1-2H3;/q-1;. The Morgan fingerprint density at radius 3 is 2.33 bits per heavy atom. The fraction of sp³-hybridized carbons (Fsp3) is 1.00. The van der Waals surface area contributed by atoms with Gasteiger partial charge < -0.3 is 5.32 Å². The van der Waals surface area contributed by atoms with Crippen LogP contribution in [0.3, 0.4) is 0 Å². The van der Waals surface area contributed by atoms with Gasteiger partial charge in [0.1, 0.15) is 0 Å². The average Bonchev–Trinajstić information content (AvgIpc) is 1.85. The maximum absolute atomic E-state index is 12.8. The molecule has 1 atom stereocenters. The molecule has 1 aliphatic heterocycles. The van der Waals surface area contributed by atoms with Crippen LogP contribution >= 0.6 is 0 Å². The third-order valence-corrected chi connectivity index (χ3v) is 2.12. The first-order valence-electron chi connectivity index (χ1n) is 4.06. The minimum atomic E-state index is -2.46. The number of nitrogens with zero attached hydrogens (tertiary/aromatic N) is 1. The van der Waals surface area contributed by atoms with Gasteiger partial charge >= 0.3 is 0 Å². The predicted octanol–water partition coefficient (Wildman–Crippen LogP) is 2.81. The SMILES string of the molecule is CC(C)C1CC(F)(F)CC[N-]1.[Re]. The normalized spacial score (nSPS) is 28.2. The van der Waals surface area contributed by atoms with Gasteiger partial charge in [0.2, 0.25) is 5.92 Å². The monoisotopic (exact) mass is 349 g/mol. The second-order valence-electron chi connectivity index (χ2n) is 3.53. The van der Waals surface area contributed by atoms with E-state index < -0.39 is 5.92 Å². The molecular weight excluding hydrogens is 334 g/mol. The predicted molar refractivity (Wildman–Crippen MR) is 41.0 cm³/mol. The third kappa shape index (κ3) is 3.47. The molecule has 12 heavy (non-hydrogen) atoms. The average molecular weight is 348 g/mol. The number of hydrogen-bond donors (Lipinski definition) is 0. The molecule has 0 amide bonds. The van der Waals surface area contributed by atoms with Crippen molar-refractivity contribution < 1.29 is 29.2 Å². The molecule has 1 nitrogen and oxygen atoms in total. The fourth-order valence-electron chi connectivity index (χ4n) is 1.31. The first-order valence-corrected chi connectivity index (χ1v) is 4.06. The maximum atomic E-state index is 12.8. The van der Waals surface area contributed by atoms with Crippen molar-refractivity contribution in [3.63, 3.8) is 0 Å². The minimum absolute atomic E-state index is 0. The van der Waals surface area contributed by atoms with Gasteiger partial charge in [-0.25, -0.2) is 8.78 Å². The van der Waals surface area contributed by atoms with Crippen LogP contribution in [-0.4, -0.2) is 18.5 Å². The molecule has 0 aliphatic carbocycles. The van der Waals surface area contributed by atoms with Crippen molar-refractivity contribution in [2.24, 2.45) is 5.92 Å². The Morgan fingerprint density at radius 2 is 2.00 bits per heavy atom. The van der Waals surface area contributed by atoms with Crippen molar-refractivity contribution in [3.05, 3.63) is 5.32 Å². The number of alkyl halides is 2. The van der Waals surface area contributed by atoms with E-state index >= 15 is 0 Å². The van der Waals surface area contributed by atoms with Crippen LogP contribution in [0.4, 0.5) is 8.78 Å². The minimum Gasteiger partial charge on any atom is -0.659 e. The van der Waals surface area contributed by atoms with Crippen molar-refractivity contribution in [1.29, 1.82) is 0 Å². The molecule has 0 aromatic carbocycles. The molecule has 0 saturated carbocycles. The summed E-state index contributed by atoms with van der Waals surface area (Å²) in [5, 5.41) is 4.14. The van der Waals surface area contributed by atoms with Crippen molar-refractivity contribution >= 4 is 0 Å². The van der Waals surface area contributed by atoms with Crippen LogP contribution in [0.1, 0.15) is 26.7 Å². The molecule has 0 aromatic heterocycles. The van der Waals surface area contributed by atoms with Gasteiger partial charge in [-0.15, -0.1) is 12.6 Å². The third-order valence-electron chi connectivity index (χ3n) is 2.12. The summed E-state index contributed by atoms with van der Waals surface area (Å²) in [6, 6.07) is -0.126. The summed E-state index contributed by atoms with van der Waals surface area (Å²) < 4.78 is 25.5. The van der Waals surface area contributed by atoms with Gasteiger partial charge in [-0.1, -0.05) is 19.8 Å². The quantitative estimate of drug-likeness (QED) is 0.692. The molecule has 0 bridgehead atoms. The molecule has 0 spiro atoms. The van der Waals surface area contributed by atoms with Crippen LogP contribution in [0.2, 0.25) is 0 Å². The summed E-state index contributed by atoms with van der Waals surface area (Å²) in [5.41, 5.74) is 0. The molecule has 1 fully saturated rings. The Bertz CT molecular complexity index is 139. The molecular formula is C8H14F2NRe-. The van der Waals surface area contributed by atoms with Crippen molar-refractivity contribution in [1.82, 2.24) is 0 Å². The van der Waals surface area contributed by atoms with Gasteiger partial charge in [-0.3, -0.25) is 0 Å². The summed E-state index contributed by atoms with van der Waals surface area (Å²) in [5.74, 6) is -2.21. The molecule has 0 aromatic rings. The van der Waals surface area contributed by atoms with E-state index in [9.17, 15) is 8.78 Å².